The molecule has 0 atom stereocenters. The highest BCUT2D eigenvalue weighted by atomic mass is 127. The summed E-state index contributed by atoms with van der Waals surface area (Å²) in [5.74, 6) is 0. The van der Waals surface area contributed by atoms with Crippen LogP contribution in [0.4, 0.5) is 0 Å². The highest BCUT2D eigenvalue weighted by Crippen LogP contribution is 2.48. The van der Waals surface area contributed by atoms with Crippen LogP contribution >= 0.6 is 22.6 Å². The number of benzene rings is 2. The van der Waals surface area contributed by atoms with E-state index in [4.69, 9.17) is 0 Å². The summed E-state index contributed by atoms with van der Waals surface area (Å²) in [6.07, 6.45) is 13.5. The number of hydrogen-bond donors (Lipinski definition) is 0. The predicted octanol–water partition coefficient (Wildman–Crippen LogP) is 7.99. The Hall–Kier alpha value is -1.87. The van der Waals surface area contributed by atoms with Crippen molar-refractivity contribution in [3.8, 4) is 11.1 Å². The lowest BCUT2D eigenvalue weighted by Gasteiger charge is -2.21. The van der Waals surface area contributed by atoms with E-state index in [1.54, 1.807) is 0 Å². The van der Waals surface area contributed by atoms with E-state index in [-0.39, 0.29) is 5.41 Å². The summed E-state index contributed by atoms with van der Waals surface area (Å²) in [6.45, 7) is 6.77. The number of halogens is 1. The minimum absolute atomic E-state index is 0.0643. The molecule has 0 bridgehead atoms. The Morgan fingerprint density at radius 3 is 2.48 bits per heavy atom. The SMILES string of the molecule is C/C=C\C1=C(/C=C/c2ccc3c(c2)C(C)(C)c2ccccc2-3)CCC(I)=C1. The molecule has 0 saturated carbocycles. The topological polar surface area (TPSA) is 0 Å². The minimum Gasteiger partial charge on any atom is -0.0871 e. The van der Waals surface area contributed by atoms with E-state index in [0.29, 0.717) is 0 Å². The standard InChI is InChI=1S/C26H25I/c1-4-7-20-17-21(27)14-13-19(20)12-10-18-11-15-23-22-8-5-6-9-24(22)26(2,3)25(23)16-18/h4-12,15-17H,13-14H2,1-3H3/b7-4-,12-10+. The molecular weight excluding hydrogens is 439 g/mol. The van der Waals surface area contributed by atoms with E-state index in [1.165, 1.54) is 42.5 Å². The van der Waals surface area contributed by atoms with Crippen molar-refractivity contribution in [3.63, 3.8) is 0 Å². The molecule has 0 fully saturated rings. The zero-order valence-corrected chi connectivity index (χ0v) is 18.4. The average molecular weight is 464 g/mol. The van der Waals surface area contributed by atoms with E-state index >= 15 is 0 Å². The number of fused-ring (bicyclic) bond motifs is 3. The third-order valence-electron chi connectivity index (χ3n) is 5.75. The van der Waals surface area contributed by atoms with E-state index < -0.39 is 0 Å². The maximum atomic E-state index is 2.45. The van der Waals surface area contributed by atoms with Gasteiger partial charge in [-0.15, -0.1) is 0 Å². The molecule has 136 valence electrons. The molecule has 4 rings (SSSR count). The molecule has 0 aliphatic heterocycles. The van der Waals surface area contributed by atoms with Gasteiger partial charge >= 0.3 is 0 Å². The normalized spacial score (nSPS) is 18.1. The molecule has 0 heterocycles. The van der Waals surface area contributed by atoms with Crippen molar-refractivity contribution in [2.45, 2.75) is 39.0 Å². The molecule has 2 aliphatic rings. The van der Waals surface area contributed by atoms with Crippen LogP contribution in [0.3, 0.4) is 0 Å². The molecule has 0 unspecified atom stereocenters. The van der Waals surface area contributed by atoms with Gasteiger partial charge in [0.1, 0.15) is 0 Å². The summed E-state index contributed by atoms with van der Waals surface area (Å²) >= 11 is 2.45. The van der Waals surface area contributed by atoms with Crippen molar-refractivity contribution in [3.05, 3.63) is 98.2 Å². The molecular formula is C26H25I. The summed E-state index contributed by atoms with van der Waals surface area (Å²) in [6, 6.07) is 15.8. The molecule has 1 heteroatoms. The van der Waals surface area contributed by atoms with Gasteiger partial charge in [-0.2, -0.15) is 0 Å². The van der Waals surface area contributed by atoms with Crippen LogP contribution in [0, 0.1) is 0 Å². The van der Waals surface area contributed by atoms with Crippen LogP contribution in [0.1, 0.15) is 50.3 Å². The molecule has 2 aliphatic carbocycles. The first-order valence-corrected chi connectivity index (χ1v) is 10.7. The van der Waals surface area contributed by atoms with Crippen molar-refractivity contribution in [2.75, 3.05) is 0 Å². The van der Waals surface area contributed by atoms with Crippen LogP contribution in [0.25, 0.3) is 17.2 Å². The minimum atomic E-state index is 0.0643. The molecule has 2 aromatic carbocycles. The lowest BCUT2D eigenvalue weighted by Crippen LogP contribution is -2.14. The monoisotopic (exact) mass is 464 g/mol. The van der Waals surface area contributed by atoms with Gasteiger partial charge in [-0.1, -0.05) is 80.6 Å². The fourth-order valence-corrected chi connectivity index (χ4v) is 4.87. The summed E-state index contributed by atoms with van der Waals surface area (Å²) in [5.41, 5.74) is 9.77. The highest BCUT2D eigenvalue weighted by Gasteiger charge is 2.34. The average Bonchev–Trinajstić information content (AvgIpc) is 2.89. The van der Waals surface area contributed by atoms with Gasteiger partial charge in [0, 0.05) is 5.41 Å². The second-order valence-corrected chi connectivity index (χ2v) is 9.27. The van der Waals surface area contributed by atoms with Crippen LogP contribution in [0.5, 0.6) is 0 Å². The van der Waals surface area contributed by atoms with Crippen LogP contribution in [0.2, 0.25) is 0 Å². The third kappa shape index (κ3) is 3.38. The summed E-state index contributed by atoms with van der Waals surface area (Å²) < 4.78 is 1.44. The van der Waals surface area contributed by atoms with E-state index in [9.17, 15) is 0 Å². The van der Waals surface area contributed by atoms with Crippen molar-refractivity contribution in [1.29, 1.82) is 0 Å². The molecule has 0 radical (unpaired) electrons. The largest absolute Gasteiger partial charge is 0.0871 e. The maximum absolute atomic E-state index is 2.45. The van der Waals surface area contributed by atoms with Gasteiger partial charge in [0.05, 0.1) is 0 Å². The number of allylic oxidation sites excluding steroid dienone is 7. The van der Waals surface area contributed by atoms with Crippen molar-refractivity contribution >= 4 is 28.7 Å². The Kier molecular flexibility index (Phi) is 4.98. The van der Waals surface area contributed by atoms with E-state index in [0.717, 1.165) is 12.8 Å². The van der Waals surface area contributed by atoms with Crippen LogP contribution in [0.15, 0.2) is 81.5 Å². The fraction of sp³-hybridized carbons (Fsp3) is 0.231. The Morgan fingerprint density at radius 2 is 1.67 bits per heavy atom. The molecule has 2 aromatic rings. The van der Waals surface area contributed by atoms with Gasteiger partial charge in [-0.3, -0.25) is 0 Å². The first kappa shape index (κ1) is 18.5. The molecule has 27 heavy (non-hydrogen) atoms. The van der Waals surface area contributed by atoms with Crippen LogP contribution in [-0.2, 0) is 5.41 Å². The van der Waals surface area contributed by atoms with Gasteiger partial charge in [0.25, 0.3) is 0 Å². The predicted molar refractivity (Wildman–Crippen MR) is 126 cm³/mol. The van der Waals surface area contributed by atoms with E-state index in [1.807, 2.05) is 0 Å². The number of hydrogen-bond acceptors (Lipinski definition) is 0. The first-order chi connectivity index (χ1) is 13.0. The second kappa shape index (κ2) is 7.27. The van der Waals surface area contributed by atoms with Gasteiger partial charge in [-0.05, 0) is 91.0 Å². The molecule has 0 amide bonds. The summed E-state index contributed by atoms with van der Waals surface area (Å²) in [7, 11) is 0. The Labute approximate surface area is 176 Å². The van der Waals surface area contributed by atoms with Gasteiger partial charge in [0.2, 0.25) is 0 Å². The Bertz CT molecular complexity index is 1010. The lowest BCUT2D eigenvalue weighted by molar-refractivity contribution is 0.660. The fourth-order valence-electron chi connectivity index (χ4n) is 4.27. The van der Waals surface area contributed by atoms with Gasteiger partial charge in [-0.25, -0.2) is 0 Å². The van der Waals surface area contributed by atoms with E-state index in [2.05, 4.69) is 116 Å². The molecule has 0 spiro atoms. The molecule has 0 nitrogen and oxygen atoms in total. The van der Waals surface area contributed by atoms with Crippen LogP contribution < -0.4 is 0 Å². The Balaban J connectivity index is 1.71. The van der Waals surface area contributed by atoms with Crippen molar-refractivity contribution in [1.82, 2.24) is 0 Å². The molecule has 0 N–H and O–H groups in total. The molecule has 0 saturated heterocycles. The van der Waals surface area contributed by atoms with Gasteiger partial charge in [0.15, 0.2) is 0 Å². The zero-order valence-electron chi connectivity index (χ0n) is 16.2. The maximum Gasteiger partial charge on any atom is 0.0159 e. The van der Waals surface area contributed by atoms with Crippen molar-refractivity contribution in [2.24, 2.45) is 0 Å². The smallest absolute Gasteiger partial charge is 0.0159 e. The quantitative estimate of drug-likeness (QED) is 0.404. The van der Waals surface area contributed by atoms with Crippen LogP contribution in [-0.4, -0.2) is 0 Å². The Morgan fingerprint density at radius 1 is 0.889 bits per heavy atom. The first-order valence-electron chi connectivity index (χ1n) is 9.65. The number of rotatable bonds is 3. The zero-order chi connectivity index (χ0) is 19.0. The third-order valence-corrected chi connectivity index (χ3v) is 6.60. The lowest BCUT2D eigenvalue weighted by atomic mass is 9.82. The highest BCUT2D eigenvalue weighted by molar-refractivity contribution is 14.1. The van der Waals surface area contributed by atoms with Crippen molar-refractivity contribution < 1.29 is 0 Å². The molecule has 0 aromatic heterocycles. The summed E-state index contributed by atoms with van der Waals surface area (Å²) in [5, 5.41) is 0. The van der Waals surface area contributed by atoms with Gasteiger partial charge < -0.3 is 0 Å². The second-order valence-electron chi connectivity index (χ2n) is 7.88. The summed E-state index contributed by atoms with van der Waals surface area (Å²) in [4.78, 5) is 0.